The second-order valence-corrected chi connectivity index (χ2v) is 7.69. The number of sulfonamides is 1. The van der Waals surface area contributed by atoms with Crippen LogP contribution in [0.2, 0.25) is 0 Å². The lowest BCUT2D eigenvalue weighted by Crippen LogP contribution is -2.38. The molecule has 0 radical (unpaired) electrons. The first-order valence-electron chi connectivity index (χ1n) is 8.01. The van der Waals surface area contributed by atoms with Crippen molar-refractivity contribution in [3.63, 3.8) is 0 Å². The SMILES string of the molecule is CN=C(NCc1cccc(S(=O)(=O)NCCOC)c1)NC1CC1C.I. The number of aliphatic imine (C=N–C) groups is 1. The van der Waals surface area contributed by atoms with Gasteiger partial charge in [0.15, 0.2) is 5.96 Å². The fourth-order valence-electron chi connectivity index (χ4n) is 2.26. The van der Waals surface area contributed by atoms with E-state index in [1.165, 1.54) is 7.11 Å². The standard InChI is InChI=1S/C16H26N4O3S.HI/c1-12-9-15(12)20-16(17-2)18-11-13-5-4-6-14(10-13)24(21,22)19-7-8-23-3;/h4-6,10,12,15,19H,7-9,11H2,1-3H3,(H2,17,18,20);1H. The number of nitrogens with one attached hydrogen (secondary N) is 3. The minimum Gasteiger partial charge on any atom is -0.383 e. The molecule has 1 aliphatic carbocycles. The molecule has 7 nitrogen and oxygen atoms in total. The molecule has 1 aromatic rings. The Morgan fingerprint density at radius 2 is 2.12 bits per heavy atom. The Kier molecular flexibility index (Phi) is 9.11. The first kappa shape index (κ1) is 22.1. The van der Waals surface area contributed by atoms with Crippen LogP contribution in [0.3, 0.4) is 0 Å². The van der Waals surface area contributed by atoms with E-state index in [9.17, 15) is 8.42 Å². The summed E-state index contributed by atoms with van der Waals surface area (Å²) in [5.41, 5.74) is 0.872. The van der Waals surface area contributed by atoms with Gasteiger partial charge in [0.05, 0.1) is 11.5 Å². The van der Waals surface area contributed by atoms with Gasteiger partial charge >= 0.3 is 0 Å². The number of benzene rings is 1. The first-order valence-corrected chi connectivity index (χ1v) is 9.49. The molecule has 2 unspecified atom stereocenters. The normalized spacial score (nSPS) is 19.9. The molecule has 1 aliphatic rings. The quantitative estimate of drug-likeness (QED) is 0.225. The molecule has 9 heteroatoms. The number of halogens is 1. The molecule has 142 valence electrons. The molecule has 1 fully saturated rings. The number of ether oxygens (including phenoxy) is 1. The number of nitrogens with zero attached hydrogens (tertiary/aromatic N) is 1. The lowest BCUT2D eigenvalue weighted by Gasteiger charge is -2.12. The van der Waals surface area contributed by atoms with Crippen molar-refractivity contribution in [2.24, 2.45) is 10.9 Å². The largest absolute Gasteiger partial charge is 0.383 e. The Hall–Kier alpha value is -0.910. The molecule has 0 spiro atoms. The molecular weight excluding hydrogens is 455 g/mol. The van der Waals surface area contributed by atoms with Crippen molar-refractivity contribution in [1.29, 1.82) is 0 Å². The van der Waals surface area contributed by atoms with Crippen molar-refractivity contribution in [3.8, 4) is 0 Å². The van der Waals surface area contributed by atoms with Crippen molar-refractivity contribution in [2.45, 2.75) is 30.8 Å². The monoisotopic (exact) mass is 482 g/mol. The van der Waals surface area contributed by atoms with E-state index in [1.54, 1.807) is 25.2 Å². The van der Waals surface area contributed by atoms with Gasteiger partial charge in [-0.25, -0.2) is 13.1 Å². The van der Waals surface area contributed by atoms with Crippen molar-refractivity contribution in [1.82, 2.24) is 15.4 Å². The van der Waals surface area contributed by atoms with Crippen LogP contribution in [0.15, 0.2) is 34.2 Å². The summed E-state index contributed by atoms with van der Waals surface area (Å²) in [5, 5.41) is 6.55. The fourth-order valence-corrected chi connectivity index (χ4v) is 3.35. The van der Waals surface area contributed by atoms with Crippen LogP contribution in [0.25, 0.3) is 0 Å². The van der Waals surface area contributed by atoms with Crippen LogP contribution in [0.1, 0.15) is 18.9 Å². The number of hydrogen-bond donors (Lipinski definition) is 3. The van der Waals surface area contributed by atoms with E-state index in [-0.39, 0.29) is 35.4 Å². The van der Waals surface area contributed by atoms with Crippen LogP contribution in [0.4, 0.5) is 0 Å². The van der Waals surface area contributed by atoms with E-state index in [2.05, 4.69) is 27.3 Å². The Labute approximate surface area is 167 Å². The van der Waals surface area contributed by atoms with Crippen LogP contribution >= 0.6 is 24.0 Å². The molecular formula is C16H27IN4O3S. The predicted octanol–water partition coefficient (Wildman–Crippen LogP) is 1.30. The zero-order valence-corrected chi connectivity index (χ0v) is 17.9. The van der Waals surface area contributed by atoms with Crippen LogP contribution in [-0.4, -0.2) is 47.7 Å². The van der Waals surface area contributed by atoms with Gasteiger partial charge in [-0.15, -0.1) is 24.0 Å². The fraction of sp³-hybridized carbons (Fsp3) is 0.562. The second kappa shape index (κ2) is 10.3. The maximum absolute atomic E-state index is 12.2. The highest BCUT2D eigenvalue weighted by atomic mass is 127. The zero-order chi connectivity index (χ0) is 17.6. The third-order valence-electron chi connectivity index (χ3n) is 3.92. The van der Waals surface area contributed by atoms with Crippen molar-refractivity contribution < 1.29 is 13.2 Å². The van der Waals surface area contributed by atoms with Crippen molar-refractivity contribution in [3.05, 3.63) is 29.8 Å². The smallest absolute Gasteiger partial charge is 0.240 e. The molecule has 0 saturated heterocycles. The van der Waals surface area contributed by atoms with Gasteiger partial charge in [-0.05, 0) is 30.0 Å². The number of hydrogen-bond acceptors (Lipinski definition) is 4. The van der Waals surface area contributed by atoms with E-state index >= 15 is 0 Å². The van der Waals surface area contributed by atoms with Gasteiger partial charge in [-0.3, -0.25) is 4.99 Å². The third-order valence-corrected chi connectivity index (χ3v) is 5.38. The van der Waals surface area contributed by atoms with Gasteiger partial charge < -0.3 is 15.4 Å². The molecule has 25 heavy (non-hydrogen) atoms. The molecule has 1 aromatic carbocycles. The third kappa shape index (κ3) is 7.08. The van der Waals surface area contributed by atoms with Crippen molar-refractivity contribution in [2.75, 3.05) is 27.3 Å². The molecule has 0 bridgehead atoms. The summed E-state index contributed by atoms with van der Waals surface area (Å²) >= 11 is 0. The topological polar surface area (TPSA) is 91.8 Å². The molecule has 2 rings (SSSR count). The molecule has 0 aromatic heterocycles. The number of rotatable bonds is 8. The van der Waals surface area contributed by atoms with Gasteiger partial charge in [0, 0.05) is 33.3 Å². The summed E-state index contributed by atoms with van der Waals surface area (Å²) in [5.74, 6) is 1.41. The highest BCUT2D eigenvalue weighted by molar-refractivity contribution is 14.0. The van der Waals surface area contributed by atoms with Gasteiger partial charge in [0.2, 0.25) is 10.0 Å². The minimum absolute atomic E-state index is 0. The van der Waals surface area contributed by atoms with Gasteiger partial charge in [-0.2, -0.15) is 0 Å². The van der Waals surface area contributed by atoms with Crippen molar-refractivity contribution >= 4 is 40.0 Å². The molecule has 0 amide bonds. The van der Waals surface area contributed by atoms with E-state index in [0.717, 1.165) is 17.9 Å². The summed E-state index contributed by atoms with van der Waals surface area (Å²) in [6.07, 6.45) is 1.15. The van der Waals surface area contributed by atoms with Gasteiger partial charge in [0.1, 0.15) is 0 Å². The Morgan fingerprint density at radius 1 is 1.40 bits per heavy atom. The molecule has 1 saturated carbocycles. The highest BCUT2D eigenvalue weighted by Gasteiger charge is 2.33. The lowest BCUT2D eigenvalue weighted by molar-refractivity contribution is 0.204. The lowest BCUT2D eigenvalue weighted by atomic mass is 10.2. The maximum atomic E-state index is 12.2. The zero-order valence-electron chi connectivity index (χ0n) is 14.8. The predicted molar refractivity (Wildman–Crippen MR) is 110 cm³/mol. The molecule has 2 atom stereocenters. The number of guanidine groups is 1. The van der Waals surface area contributed by atoms with Gasteiger partial charge in [-0.1, -0.05) is 19.1 Å². The summed E-state index contributed by atoms with van der Waals surface area (Å²) in [6.45, 7) is 3.28. The summed E-state index contributed by atoms with van der Waals surface area (Å²) < 4.78 is 31.8. The highest BCUT2D eigenvalue weighted by Crippen LogP contribution is 2.28. The van der Waals surface area contributed by atoms with E-state index < -0.39 is 10.0 Å². The average molecular weight is 482 g/mol. The van der Waals surface area contributed by atoms with Crippen LogP contribution in [-0.2, 0) is 21.3 Å². The van der Waals surface area contributed by atoms with E-state index in [1.807, 2.05) is 6.07 Å². The Balaban J connectivity index is 0.00000312. The van der Waals surface area contributed by atoms with Gasteiger partial charge in [0.25, 0.3) is 0 Å². The molecule has 0 aliphatic heterocycles. The molecule has 3 N–H and O–H groups in total. The maximum Gasteiger partial charge on any atom is 0.240 e. The minimum atomic E-state index is -3.52. The van der Waals surface area contributed by atoms with Crippen LogP contribution < -0.4 is 15.4 Å². The van der Waals surface area contributed by atoms with Crippen LogP contribution in [0.5, 0.6) is 0 Å². The summed E-state index contributed by atoms with van der Waals surface area (Å²) in [4.78, 5) is 4.44. The Morgan fingerprint density at radius 3 is 2.72 bits per heavy atom. The van der Waals surface area contributed by atoms with E-state index in [4.69, 9.17) is 4.74 Å². The van der Waals surface area contributed by atoms with E-state index in [0.29, 0.717) is 25.1 Å². The second-order valence-electron chi connectivity index (χ2n) is 5.93. The summed E-state index contributed by atoms with van der Waals surface area (Å²) in [6, 6.07) is 7.34. The molecule has 0 heterocycles. The summed E-state index contributed by atoms with van der Waals surface area (Å²) in [7, 11) is -0.262. The Bertz CT molecular complexity index is 682. The first-order chi connectivity index (χ1) is 11.5. The number of methoxy groups -OCH3 is 1. The van der Waals surface area contributed by atoms with Crippen LogP contribution in [0, 0.1) is 5.92 Å². The average Bonchev–Trinajstić information content (AvgIpc) is 3.26.